The number of benzene rings is 1. The number of hydrogen-bond acceptors (Lipinski definition) is 5. The Kier molecular flexibility index (Phi) is 5.41. The number of hydrogen-bond donors (Lipinski definition) is 2. The van der Waals surface area contributed by atoms with E-state index in [1.807, 2.05) is 6.07 Å². The molecule has 2 aliphatic rings. The van der Waals surface area contributed by atoms with Crippen molar-refractivity contribution >= 4 is 28.4 Å². The van der Waals surface area contributed by atoms with Crippen LogP contribution in [0, 0.1) is 18.6 Å². The van der Waals surface area contributed by atoms with Crippen LogP contribution in [0.4, 0.5) is 25.0 Å². The zero-order chi connectivity index (χ0) is 23.3. The van der Waals surface area contributed by atoms with Gasteiger partial charge in [0.05, 0.1) is 25.9 Å². The van der Waals surface area contributed by atoms with Gasteiger partial charge in [-0.25, -0.2) is 18.6 Å². The molecule has 0 radical (unpaired) electrons. The van der Waals surface area contributed by atoms with E-state index in [1.165, 1.54) is 25.0 Å². The van der Waals surface area contributed by atoms with Gasteiger partial charge in [-0.1, -0.05) is 0 Å². The summed E-state index contributed by atoms with van der Waals surface area (Å²) in [5.74, 6) is -1.82. The third-order valence-electron chi connectivity index (χ3n) is 6.27. The summed E-state index contributed by atoms with van der Waals surface area (Å²) in [5.41, 5.74) is 2.71. The van der Waals surface area contributed by atoms with E-state index in [-0.39, 0.29) is 17.9 Å². The van der Waals surface area contributed by atoms with E-state index in [0.717, 1.165) is 29.0 Å². The quantitative estimate of drug-likeness (QED) is 0.612. The molecule has 1 saturated heterocycles. The Hall–Kier alpha value is -3.24. The number of pyridine rings is 1. The summed E-state index contributed by atoms with van der Waals surface area (Å²) in [6.07, 6.45) is 2.60. The number of carbonyl (C=O) groups excluding carboxylic acids is 1. The van der Waals surface area contributed by atoms with Gasteiger partial charge in [0.2, 0.25) is 0 Å². The second-order valence-corrected chi connectivity index (χ2v) is 8.43. The molecule has 33 heavy (non-hydrogen) atoms. The molecule has 1 atom stereocenters. The molecular formula is C23H25F2N5O3. The van der Waals surface area contributed by atoms with E-state index in [0.29, 0.717) is 36.1 Å². The Morgan fingerprint density at radius 3 is 2.85 bits per heavy atom. The van der Waals surface area contributed by atoms with Gasteiger partial charge in [0, 0.05) is 49.1 Å². The largest absolute Gasteiger partial charge is 0.494 e. The van der Waals surface area contributed by atoms with Crippen LogP contribution < -0.4 is 19.9 Å². The van der Waals surface area contributed by atoms with Crippen molar-refractivity contribution in [2.45, 2.75) is 32.5 Å². The molecule has 0 saturated carbocycles. The number of nitrogens with one attached hydrogen (secondary N) is 2. The molecule has 8 nitrogen and oxygen atoms in total. The second-order valence-electron chi connectivity index (χ2n) is 8.43. The molecule has 5 rings (SSSR count). The SMILES string of the molecule is COc1cc(C)c(F)c(N2Cc3cnc4[nH]c(CN[C@@H]5CCOC5)cc4c3N(C)C2=O)c1F. The van der Waals surface area contributed by atoms with Crippen molar-refractivity contribution < 1.29 is 23.0 Å². The highest BCUT2D eigenvalue weighted by Crippen LogP contribution is 2.40. The highest BCUT2D eigenvalue weighted by Gasteiger charge is 2.35. The number of anilines is 2. The molecule has 3 aromatic rings. The summed E-state index contributed by atoms with van der Waals surface area (Å²) >= 11 is 0. The number of urea groups is 1. The van der Waals surface area contributed by atoms with Crippen molar-refractivity contribution in [1.82, 2.24) is 15.3 Å². The summed E-state index contributed by atoms with van der Waals surface area (Å²) in [4.78, 5) is 23.6. The topological polar surface area (TPSA) is 82.7 Å². The highest BCUT2D eigenvalue weighted by molar-refractivity contribution is 6.11. The predicted octanol–water partition coefficient (Wildman–Crippen LogP) is 3.61. The number of nitrogens with zero attached hydrogens (tertiary/aromatic N) is 3. The van der Waals surface area contributed by atoms with E-state index < -0.39 is 23.4 Å². The molecular weight excluding hydrogens is 432 g/mol. The molecule has 0 unspecified atom stereocenters. The zero-order valence-corrected chi connectivity index (χ0v) is 18.7. The Morgan fingerprint density at radius 2 is 2.12 bits per heavy atom. The minimum absolute atomic E-state index is 0.0138. The Balaban J connectivity index is 1.51. The van der Waals surface area contributed by atoms with E-state index in [2.05, 4.69) is 15.3 Å². The van der Waals surface area contributed by atoms with Crippen LogP contribution in [-0.4, -0.2) is 49.4 Å². The predicted molar refractivity (Wildman–Crippen MR) is 120 cm³/mol. The third-order valence-corrected chi connectivity index (χ3v) is 6.27. The van der Waals surface area contributed by atoms with Gasteiger partial charge in [-0.05, 0) is 31.0 Å². The number of halogens is 2. The average molecular weight is 457 g/mol. The molecule has 1 aromatic carbocycles. The van der Waals surface area contributed by atoms with Gasteiger partial charge in [-0.2, -0.15) is 0 Å². The number of amides is 2. The van der Waals surface area contributed by atoms with Gasteiger partial charge < -0.3 is 19.8 Å². The van der Waals surface area contributed by atoms with Crippen molar-refractivity contribution in [3.63, 3.8) is 0 Å². The Bertz CT molecular complexity index is 1240. The molecule has 2 amide bonds. The molecule has 2 aromatic heterocycles. The number of aryl methyl sites for hydroxylation is 1. The number of aromatic amines is 1. The summed E-state index contributed by atoms with van der Waals surface area (Å²) in [6, 6.07) is 3.01. The molecule has 0 spiro atoms. The van der Waals surface area contributed by atoms with Gasteiger partial charge in [0.1, 0.15) is 11.3 Å². The first-order valence-electron chi connectivity index (χ1n) is 10.8. The fourth-order valence-corrected chi connectivity index (χ4v) is 4.51. The van der Waals surface area contributed by atoms with Crippen LogP contribution in [-0.2, 0) is 17.8 Å². The Morgan fingerprint density at radius 1 is 1.30 bits per heavy atom. The molecule has 0 bridgehead atoms. The number of methoxy groups -OCH3 is 1. The summed E-state index contributed by atoms with van der Waals surface area (Å²) in [5, 5.41) is 4.23. The van der Waals surface area contributed by atoms with Gasteiger partial charge in [-0.15, -0.1) is 0 Å². The van der Waals surface area contributed by atoms with Gasteiger partial charge in [-0.3, -0.25) is 9.80 Å². The van der Waals surface area contributed by atoms with E-state index >= 15 is 4.39 Å². The lowest BCUT2D eigenvalue weighted by atomic mass is 10.1. The number of rotatable bonds is 5. The molecule has 1 fully saturated rings. The average Bonchev–Trinajstić information content (AvgIpc) is 3.47. The first kappa shape index (κ1) is 21.6. The third kappa shape index (κ3) is 3.59. The fourth-order valence-electron chi connectivity index (χ4n) is 4.51. The maximum absolute atomic E-state index is 15.0. The molecule has 10 heteroatoms. The molecule has 2 N–H and O–H groups in total. The summed E-state index contributed by atoms with van der Waals surface area (Å²) < 4.78 is 40.4. The van der Waals surface area contributed by atoms with Crippen LogP contribution in [0.15, 0.2) is 18.3 Å². The number of H-pyrrole nitrogens is 1. The van der Waals surface area contributed by atoms with Crippen LogP contribution in [0.5, 0.6) is 5.75 Å². The molecule has 174 valence electrons. The summed E-state index contributed by atoms with van der Waals surface area (Å²) in [7, 11) is 2.90. The van der Waals surface area contributed by atoms with Crippen LogP contribution in [0.2, 0.25) is 0 Å². The maximum Gasteiger partial charge on any atom is 0.329 e. The molecule has 2 aliphatic heterocycles. The van der Waals surface area contributed by atoms with Crippen LogP contribution >= 0.6 is 0 Å². The van der Waals surface area contributed by atoms with Gasteiger partial charge in [0.15, 0.2) is 17.4 Å². The zero-order valence-electron chi connectivity index (χ0n) is 18.7. The number of fused-ring (bicyclic) bond motifs is 3. The maximum atomic E-state index is 15.0. The fraction of sp³-hybridized carbons (Fsp3) is 0.391. The lowest BCUT2D eigenvalue weighted by molar-refractivity contribution is 0.189. The van der Waals surface area contributed by atoms with E-state index in [9.17, 15) is 9.18 Å². The van der Waals surface area contributed by atoms with Crippen LogP contribution in [0.3, 0.4) is 0 Å². The first-order valence-corrected chi connectivity index (χ1v) is 10.8. The van der Waals surface area contributed by atoms with E-state index in [1.54, 1.807) is 13.2 Å². The second kappa shape index (κ2) is 8.27. The Labute approximate surface area is 189 Å². The van der Waals surface area contributed by atoms with Crippen molar-refractivity contribution in [1.29, 1.82) is 0 Å². The normalized spacial score (nSPS) is 18.3. The minimum Gasteiger partial charge on any atom is -0.494 e. The molecule has 4 heterocycles. The minimum atomic E-state index is -0.911. The van der Waals surface area contributed by atoms with Crippen molar-refractivity contribution in [3.8, 4) is 5.75 Å². The lowest BCUT2D eigenvalue weighted by Gasteiger charge is -2.35. The summed E-state index contributed by atoms with van der Waals surface area (Å²) in [6.45, 7) is 3.56. The van der Waals surface area contributed by atoms with Crippen molar-refractivity contribution in [2.24, 2.45) is 0 Å². The van der Waals surface area contributed by atoms with Gasteiger partial charge >= 0.3 is 6.03 Å². The van der Waals surface area contributed by atoms with Crippen LogP contribution in [0.25, 0.3) is 11.0 Å². The smallest absolute Gasteiger partial charge is 0.329 e. The lowest BCUT2D eigenvalue weighted by Crippen LogP contribution is -2.46. The van der Waals surface area contributed by atoms with Gasteiger partial charge in [0.25, 0.3) is 0 Å². The van der Waals surface area contributed by atoms with E-state index in [4.69, 9.17) is 9.47 Å². The number of ether oxygens (including phenoxy) is 2. The monoisotopic (exact) mass is 457 g/mol. The molecule has 0 aliphatic carbocycles. The first-order chi connectivity index (χ1) is 15.9. The number of aromatic nitrogens is 2. The van der Waals surface area contributed by atoms with Crippen LogP contribution in [0.1, 0.15) is 23.2 Å². The van der Waals surface area contributed by atoms with Crippen molar-refractivity contribution in [3.05, 3.63) is 46.8 Å². The number of carbonyl (C=O) groups is 1. The standard InChI is InChI=1S/C23H25F2N5O3/c1-12-6-17(32-3)19(25)21(18(12)24)30-10-13-8-27-22-16(20(13)29(2)23(30)31)7-15(28-22)9-26-14-4-5-33-11-14/h6-8,14,26H,4-5,9-11H2,1-3H3,(H,27,28)/t14-/m1/s1. The highest BCUT2D eigenvalue weighted by atomic mass is 19.1. The van der Waals surface area contributed by atoms with Crippen molar-refractivity contribution in [2.75, 3.05) is 37.2 Å².